The van der Waals surface area contributed by atoms with Crippen molar-refractivity contribution in [2.75, 3.05) is 26.4 Å². The second kappa shape index (κ2) is 45.5. The fourth-order valence-corrected chi connectivity index (χ4v) is 12.4. The molecule has 26 nitrogen and oxygen atoms in total. The lowest BCUT2D eigenvalue weighted by Crippen LogP contribution is -2.68. The van der Waals surface area contributed by atoms with Crippen LogP contribution >= 0.6 is 0 Å². The zero-order valence-electron chi connectivity index (χ0n) is 54.9. The first-order chi connectivity index (χ1) is 43.7. The van der Waals surface area contributed by atoms with Crippen LogP contribution in [0, 0.1) is 0 Å². The van der Waals surface area contributed by atoms with Crippen LogP contribution in [0.15, 0.2) is 0 Å². The van der Waals surface area contributed by atoms with Crippen LogP contribution in [-0.2, 0) is 47.5 Å². The van der Waals surface area contributed by atoms with E-state index in [4.69, 9.17) is 37.9 Å². The minimum atomic E-state index is -2.10. The molecule has 0 saturated carbocycles. The number of hydrogen-bond acceptors (Lipinski definition) is 24. The van der Waals surface area contributed by atoms with Gasteiger partial charge in [-0.2, -0.15) is 0 Å². The van der Waals surface area contributed by atoms with Crippen molar-refractivity contribution >= 4 is 11.8 Å². The van der Waals surface area contributed by atoms with E-state index < -0.39 is 185 Å². The van der Waals surface area contributed by atoms with Gasteiger partial charge in [-0.05, 0) is 19.8 Å². The first kappa shape index (κ1) is 81.5. The number of unbranched alkanes of at least 4 members (excludes halogenated alkanes) is 27. The molecular formula is C65H122N2O24. The summed E-state index contributed by atoms with van der Waals surface area (Å²) in [6.07, 6.45) is -4.69. The minimum absolute atomic E-state index is 0.124. The van der Waals surface area contributed by atoms with Gasteiger partial charge in [-0.15, -0.1) is 0 Å². The number of ether oxygens (including phenoxy) is 8. The molecule has 4 aliphatic heterocycles. The monoisotopic (exact) mass is 1310 g/mol. The lowest BCUT2D eigenvalue weighted by atomic mass is 9.95. The Labute approximate surface area is 540 Å². The summed E-state index contributed by atoms with van der Waals surface area (Å²) in [5.41, 5.74) is 0. The average molecular weight is 1320 g/mol. The van der Waals surface area contributed by atoms with Crippen LogP contribution in [0.5, 0.6) is 0 Å². The molecule has 0 spiro atoms. The minimum Gasteiger partial charge on any atom is -0.394 e. The summed E-state index contributed by atoms with van der Waals surface area (Å²) in [5, 5.41) is 159. The molecule has 0 aromatic carbocycles. The third-order valence-corrected chi connectivity index (χ3v) is 18.3. The number of aliphatic hydroxyl groups is 14. The van der Waals surface area contributed by atoms with E-state index in [2.05, 4.69) is 24.5 Å². The van der Waals surface area contributed by atoms with Crippen LogP contribution < -0.4 is 10.6 Å². The van der Waals surface area contributed by atoms with Crippen LogP contribution in [0.3, 0.4) is 0 Å². The number of carbonyl (C=O) groups excluding carboxylic acids is 2. The van der Waals surface area contributed by atoms with E-state index in [9.17, 15) is 81.1 Å². The molecule has 0 bridgehead atoms. The van der Waals surface area contributed by atoms with Gasteiger partial charge in [0.25, 0.3) is 0 Å². The highest BCUT2D eigenvalue weighted by Gasteiger charge is 2.54. The Hall–Kier alpha value is -1.94. The van der Waals surface area contributed by atoms with Gasteiger partial charge in [-0.25, -0.2) is 0 Å². The lowest BCUT2D eigenvalue weighted by Gasteiger charge is -2.48. The van der Waals surface area contributed by atoms with E-state index in [0.29, 0.717) is 12.8 Å². The third-order valence-electron chi connectivity index (χ3n) is 18.3. The Morgan fingerprint density at radius 2 is 0.846 bits per heavy atom. The zero-order valence-corrected chi connectivity index (χ0v) is 54.9. The van der Waals surface area contributed by atoms with Gasteiger partial charge in [0, 0.05) is 6.92 Å². The molecule has 26 heteroatoms. The lowest BCUT2D eigenvalue weighted by molar-refractivity contribution is -0.373. The molecule has 0 aromatic rings. The van der Waals surface area contributed by atoms with Crippen molar-refractivity contribution in [1.29, 1.82) is 0 Å². The smallest absolute Gasteiger partial charge is 0.249 e. The van der Waals surface area contributed by atoms with Crippen molar-refractivity contribution in [3.05, 3.63) is 0 Å². The molecule has 4 fully saturated rings. The van der Waals surface area contributed by atoms with E-state index in [1.54, 1.807) is 0 Å². The normalized spacial score (nSPS) is 33.5. The van der Waals surface area contributed by atoms with Crippen molar-refractivity contribution in [2.45, 2.75) is 374 Å². The molecule has 2 amide bonds. The molecule has 0 aromatic heterocycles. The van der Waals surface area contributed by atoms with Gasteiger partial charge in [0.2, 0.25) is 11.8 Å². The Balaban J connectivity index is 1.42. The first-order valence-corrected chi connectivity index (χ1v) is 34.8. The summed E-state index contributed by atoms with van der Waals surface area (Å²) in [6, 6.07) is -2.93. The first-order valence-electron chi connectivity index (χ1n) is 34.8. The second-order valence-corrected chi connectivity index (χ2v) is 26.0. The molecule has 0 aliphatic carbocycles. The summed E-state index contributed by atoms with van der Waals surface area (Å²) in [6.45, 7) is 3.77. The van der Waals surface area contributed by atoms with E-state index >= 15 is 0 Å². The molecule has 4 saturated heterocycles. The molecule has 16 N–H and O–H groups in total. The molecule has 91 heavy (non-hydrogen) atoms. The summed E-state index contributed by atoms with van der Waals surface area (Å²) < 4.78 is 47.1. The Bertz CT molecular complexity index is 1890. The Kier molecular flexibility index (Phi) is 40.8. The van der Waals surface area contributed by atoms with Crippen LogP contribution in [0.1, 0.15) is 227 Å². The quantitative estimate of drug-likeness (QED) is 0.0388. The van der Waals surface area contributed by atoms with Crippen molar-refractivity contribution in [3.63, 3.8) is 0 Å². The van der Waals surface area contributed by atoms with E-state index in [1.807, 2.05) is 0 Å². The van der Waals surface area contributed by atoms with E-state index in [1.165, 1.54) is 122 Å². The van der Waals surface area contributed by atoms with Gasteiger partial charge in [-0.3, -0.25) is 9.59 Å². The Morgan fingerprint density at radius 1 is 0.440 bits per heavy atom. The average Bonchev–Trinajstić information content (AvgIpc) is 0.861. The fourth-order valence-electron chi connectivity index (χ4n) is 12.4. The fraction of sp³-hybridized carbons (Fsp3) is 0.969. The van der Waals surface area contributed by atoms with Crippen LogP contribution in [0.4, 0.5) is 0 Å². The number of rotatable bonds is 48. The molecule has 536 valence electrons. The molecule has 4 rings (SSSR count). The highest BCUT2D eigenvalue weighted by atomic mass is 16.8. The molecule has 24 unspecified atom stereocenters. The number of hydrogen-bond donors (Lipinski definition) is 16. The van der Waals surface area contributed by atoms with Crippen molar-refractivity contribution in [3.8, 4) is 0 Å². The number of aliphatic hydroxyl groups excluding tert-OH is 14. The van der Waals surface area contributed by atoms with Gasteiger partial charge in [0.1, 0.15) is 104 Å². The maximum absolute atomic E-state index is 13.7. The maximum Gasteiger partial charge on any atom is 0.249 e. The molecular weight excluding hydrogens is 1190 g/mol. The SMILES string of the molecule is CCCCCCCCCCCCCCCCCCCC(O)C(=O)NC(COC1OC(CO)C(O)C(O)C1OC1OC(COC2OC(CO)C(O)C(OC3OC(C)C(O)C(O)C3O)C2NC(C)=O)C(O)C(O)C1O)C(O)C(O)CCCCCCCCCCCCCC. The highest BCUT2D eigenvalue weighted by molar-refractivity contribution is 5.80. The summed E-state index contributed by atoms with van der Waals surface area (Å²) >= 11 is 0. The van der Waals surface area contributed by atoms with Crippen molar-refractivity contribution < 1.29 is 119 Å². The van der Waals surface area contributed by atoms with E-state index in [-0.39, 0.29) is 12.8 Å². The maximum atomic E-state index is 13.7. The molecule has 24 atom stereocenters. The summed E-state index contributed by atoms with van der Waals surface area (Å²) in [7, 11) is 0. The predicted octanol–water partition coefficient (Wildman–Crippen LogP) is 2.15. The Morgan fingerprint density at radius 3 is 1.33 bits per heavy atom. The molecule has 0 radical (unpaired) electrons. The van der Waals surface area contributed by atoms with Crippen molar-refractivity contribution in [2.24, 2.45) is 0 Å². The van der Waals surface area contributed by atoms with Gasteiger partial charge >= 0.3 is 0 Å². The van der Waals surface area contributed by atoms with Gasteiger partial charge in [-0.1, -0.05) is 200 Å². The molecule has 4 heterocycles. The van der Waals surface area contributed by atoms with Crippen LogP contribution in [0.25, 0.3) is 0 Å². The largest absolute Gasteiger partial charge is 0.394 e. The number of carbonyl (C=O) groups is 2. The number of amides is 2. The topological polar surface area (TPSA) is 415 Å². The zero-order chi connectivity index (χ0) is 66.8. The summed E-state index contributed by atoms with van der Waals surface area (Å²) in [4.78, 5) is 26.3. The van der Waals surface area contributed by atoms with Gasteiger partial charge < -0.3 is 120 Å². The molecule has 4 aliphatic rings. The predicted molar refractivity (Wildman–Crippen MR) is 332 cm³/mol. The van der Waals surface area contributed by atoms with Crippen LogP contribution in [0.2, 0.25) is 0 Å². The van der Waals surface area contributed by atoms with Gasteiger partial charge in [0.05, 0.1) is 44.7 Å². The van der Waals surface area contributed by atoms with Crippen LogP contribution in [-0.4, -0.2) is 257 Å². The standard InChI is InChI=1S/C65H122N2O24/c1-5-7-9-11-13-15-17-19-20-21-22-23-25-27-29-31-33-35-44(72)61(83)67-42(50(74)43(71)34-32-30-28-26-24-18-16-14-12-10-8-6-2)38-84-65-60(56(80)51(75)45(36-68)88-65)91-64-58(82)55(79)52(76)47(89-64)39-85-62-48(66-41(4)70)59(53(77)46(37-69)87-62)90-63-57(81)54(78)49(73)40(3)86-63/h40,42-60,62-65,68-69,71-82H,5-39H2,1-4H3,(H,66,70)(H,67,83). The van der Waals surface area contributed by atoms with E-state index in [0.717, 1.165) is 64.7 Å². The second-order valence-electron chi connectivity index (χ2n) is 26.0. The number of nitrogens with one attached hydrogen (secondary N) is 2. The summed E-state index contributed by atoms with van der Waals surface area (Å²) in [5.74, 6) is -1.55. The van der Waals surface area contributed by atoms with Gasteiger partial charge in [0.15, 0.2) is 25.2 Å². The third kappa shape index (κ3) is 27.8. The van der Waals surface area contributed by atoms with Crippen molar-refractivity contribution in [1.82, 2.24) is 10.6 Å². The highest BCUT2D eigenvalue weighted by Crippen LogP contribution is 2.34.